The first kappa shape index (κ1) is 9.88. The minimum atomic E-state index is -0.181. The standard InChI is InChI=1S/C14H16O2/c1-10-3-5-11(6-4-10)13(2)9-14(13)8-7-12(15)16-14/h3-6H,7-9H2,1-2H3. The van der Waals surface area contributed by atoms with Crippen molar-refractivity contribution < 1.29 is 9.53 Å². The molecule has 1 spiro atoms. The number of hydrogen-bond acceptors (Lipinski definition) is 2. The van der Waals surface area contributed by atoms with Gasteiger partial charge in [0.15, 0.2) is 0 Å². The highest BCUT2D eigenvalue weighted by atomic mass is 16.6. The Bertz CT molecular complexity index is 448. The van der Waals surface area contributed by atoms with Crippen LogP contribution in [0.2, 0.25) is 0 Å². The number of ether oxygens (including phenoxy) is 1. The Kier molecular flexibility index (Phi) is 1.78. The summed E-state index contributed by atoms with van der Waals surface area (Å²) in [4.78, 5) is 11.2. The Morgan fingerprint density at radius 3 is 2.50 bits per heavy atom. The van der Waals surface area contributed by atoms with Gasteiger partial charge in [0.2, 0.25) is 0 Å². The van der Waals surface area contributed by atoms with Gasteiger partial charge in [-0.05, 0) is 18.9 Å². The maximum atomic E-state index is 11.2. The minimum Gasteiger partial charge on any atom is -0.458 e. The van der Waals surface area contributed by atoms with E-state index in [9.17, 15) is 4.79 Å². The van der Waals surface area contributed by atoms with Crippen molar-refractivity contribution in [3.8, 4) is 0 Å². The van der Waals surface area contributed by atoms with Crippen LogP contribution in [0.1, 0.15) is 37.3 Å². The van der Waals surface area contributed by atoms with E-state index < -0.39 is 0 Å². The molecule has 2 unspecified atom stereocenters. The summed E-state index contributed by atoms with van der Waals surface area (Å²) in [6.45, 7) is 4.29. The monoisotopic (exact) mass is 216 g/mol. The number of carbonyl (C=O) groups excluding carboxylic acids is 1. The summed E-state index contributed by atoms with van der Waals surface area (Å²) in [5.41, 5.74) is 2.44. The molecular weight excluding hydrogens is 200 g/mol. The van der Waals surface area contributed by atoms with Crippen LogP contribution in [0.5, 0.6) is 0 Å². The van der Waals surface area contributed by atoms with Crippen molar-refractivity contribution in [2.45, 2.75) is 44.1 Å². The summed E-state index contributed by atoms with van der Waals surface area (Å²) in [6.07, 6.45) is 2.45. The molecule has 0 N–H and O–H groups in total. The van der Waals surface area contributed by atoms with Crippen LogP contribution in [0, 0.1) is 6.92 Å². The average molecular weight is 216 g/mol. The second-order valence-corrected chi connectivity index (χ2v) is 5.34. The number of carbonyl (C=O) groups is 1. The van der Waals surface area contributed by atoms with Crippen LogP contribution < -0.4 is 0 Å². The molecule has 84 valence electrons. The van der Waals surface area contributed by atoms with Crippen molar-refractivity contribution in [1.82, 2.24) is 0 Å². The second-order valence-electron chi connectivity index (χ2n) is 5.34. The lowest BCUT2D eigenvalue weighted by atomic mass is 9.92. The lowest BCUT2D eigenvalue weighted by molar-refractivity contribution is -0.143. The minimum absolute atomic E-state index is 0.0316. The number of rotatable bonds is 1. The molecule has 1 aliphatic heterocycles. The first-order valence-electron chi connectivity index (χ1n) is 5.85. The zero-order valence-corrected chi connectivity index (χ0v) is 9.75. The van der Waals surface area contributed by atoms with Gasteiger partial charge in [-0.1, -0.05) is 36.8 Å². The van der Waals surface area contributed by atoms with Crippen LogP contribution in [0.15, 0.2) is 24.3 Å². The molecule has 0 bridgehead atoms. The molecule has 0 amide bonds. The smallest absolute Gasteiger partial charge is 0.306 e. The number of hydrogen-bond donors (Lipinski definition) is 0. The Labute approximate surface area is 95.6 Å². The average Bonchev–Trinajstić information content (AvgIpc) is 2.63. The molecule has 2 aliphatic rings. The highest BCUT2D eigenvalue weighted by molar-refractivity contribution is 5.74. The summed E-state index contributed by atoms with van der Waals surface area (Å²) in [5.74, 6) is -0.0316. The first-order valence-corrected chi connectivity index (χ1v) is 5.85. The number of aryl methyl sites for hydroxylation is 1. The zero-order chi connectivity index (χ0) is 11.4. The van der Waals surface area contributed by atoms with Gasteiger partial charge in [0, 0.05) is 18.3 Å². The van der Waals surface area contributed by atoms with E-state index in [1.54, 1.807) is 0 Å². The third kappa shape index (κ3) is 1.16. The van der Waals surface area contributed by atoms with Crippen molar-refractivity contribution in [1.29, 1.82) is 0 Å². The van der Waals surface area contributed by atoms with Crippen molar-refractivity contribution in [2.75, 3.05) is 0 Å². The highest BCUT2D eigenvalue weighted by Gasteiger charge is 2.70. The van der Waals surface area contributed by atoms with Gasteiger partial charge in [0.05, 0.1) is 0 Å². The maximum Gasteiger partial charge on any atom is 0.306 e. The lowest BCUT2D eigenvalue weighted by Gasteiger charge is -2.17. The van der Waals surface area contributed by atoms with E-state index >= 15 is 0 Å². The van der Waals surface area contributed by atoms with Crippen LogP contribution in [0.3, 0.4) is 0 Å². The molecule has 0 radical (unpaired) electrons. The number of benzene rings is 1. The molecule has 1 saturated heterocycles. The van der Waals surface area contributed by atoms with Crippen LogP contribution in [0.4, 0.5) is 0 Å². The highest BCUT2D eigenvalue weighted by Crippen LogP contribution is 2.64. The van der Waals surface area contributed by atoms with Crippen molar-refractivity contribution >= 4 is 5.97 Å². The van der Waals surface area contributed by atoms with E-state index in [0.717, 1.165) is 12.8 Å². The normalized spacial score (nSPS) is 36.5. The largest absolute Gasteiger partial charge is 0.458 e. The predicted octanol–water partition coefficient (Wildman–Crippen LogP) is 2.73. The topological polar surface area (TPSA) is 26.3 Å². The van der Waals surface area contributed by atoms with Crippen LogP contribution in [-0.4, -0.2) is 11.6 Å². The van der Waals surface area contributed by atoms with E-state index in [-0.39, 0.29) is 17.0 Å². The van der Waals surface area contributed by atoms with Crippen molar-refractivity contribution in [3.05, 3.63) is 35.4 Å². The quantitative estimate of drug-likeness (QED) is 0.675. The van der Waals surface area contributed by atoms with Crippen LogP contribution >= 0.6 is 0 Å². The van der Waals surface area contributed by atoms with Gasteiger partial charge >= 0.3 is 5.97 Å². The number of esters is 1. The fraction of sp³-hybridized carbons (Fsp3) is 0.500. The SMILES string of the molecule is Cc1ccc(C2(C)CC23CCC(=O)O3)cc1. The molecule has 2 heteroatoms. The van der Waals surface area contributed by atoms with Crippen molar-refractivity contribution in [2.24, 2.45) is 0 Å². The van der Waals surface area contributed by atoms with E-state index in [2.05, 4.69) is 38.1 Å². The van der Waals surface area contributed by atoms with Crippen LogP contribution in [-0.2, 0) is 14.9 Å². The summed E-state index contributed by atoms with van der Waals surface area (Å²) in [5, 5.41) is 0. The van der Waals surface area contributed by atoms with Crippen molar-refractivity contribution in [3.63, 3.8) is 0 Å². The first-order chi connectivity index (χ1) is 7.56. The lowest BCUT2D eigenvalue weighted by Crippen LogP contribution is -2.21. The summed E-state index contributed by atoms with van der Waals surface area (Å²) >= 11 is 0. The zero-order valence-electron chi connectivity index (χ0n) is 9.75. The Morgan fingerprint density at radius 2 is 1.94 bits per heavy atom. The van der Waals surface area contributed by atoms with Gasteiger partial charge in [0.1, 0.15) is 5.60 Å². The van der Waals surface area contributed by atoms with Gasteiger partial charge in [-0.25, -0.2) is 0 Å². The Balaban J connectivity index is 1.92. The molecule has 2 nitrogen and oxygen atoms in total. The molecular formula is C14H16O2. The third-order valence-corrected chi connectivity index (χ3v) is 4.25. The van der Waals surface area contributed by atoms with Gasteiger partial charge in [-0.15, -0.1) is 0 Å². The predicted molar refractivity (Wildman–Crippen MR) is 61.2 cm³/mol. The second kappa shape index (κ2) is 2.88. The van der Waals surface area contributed by atoms with Crippen LogP contribution in [0.25, 0.3) is 0 Å². The molecule has 3 rings (SSSR count). The molecule has 1 saturated carbocycles. The molecule has 1 aromatic rings. The molecule has 0 aromatic heterocycles. The van der Waals surface area contributed by atoms with Gasteiger partial charge < -0.3 is 4.74 Å². The van der Waals surface area contributed by atoms with Gasteiger partial charge in [-0.3, -0.25) is 4.79 Å². The molecule has 1 aliphatic carbocycles. The summed E-state index contributed by atoms with van der Waals surface area (Å²) in [6, 6.07) is 8.58. The van der Waals surface area contributed by atoms with E-state index in [1.807, 2.05) is 0 Å². The molecule has 1 aromatic carbocycles. The van der Waals surface area contributed by atoms with Gasteiger partial charge in [0.25, 0.3) is 0 Å². The maximum absolute atomic E-state index is 11.2. The molecule has 2 fully saturated rings. The summed E-state index contributed by atoms with van der Waals surface area (Å²) < 4.78 is 5.52. The van der Waals surface area contributed by atoms with E-state index in [4.69, 9.17) is 4.74 Å². The summed E-state index contributed by atoms with van der Waals surface area (Å²) in [7, 11) is 0. The molecule has 16 heavy (non-hydrogen) atoms. The van der Waals surface area contributed by atoms with E-state index in [0.29, 0.717) is 6.42 Å². The Morgan fingerprint density at radius 1 is 1.25 bits per heavy atom. The van der Waals surface area contributed by atoms with E-state index in [1.165, 1.54) is 11.1 Å². The fourth-order valence-electron chi connectivity index (χ4n) is 2.95. The fourth-order valence-corrected chi connectivity index (χ4v) is 2.95. The molecule has 2 atom stereocenters. The Hall–Kier alpha value is -1.31. The molecule has 1 heterocycles. The van der Waals surface area contributed by atoms with Gasteiger partial charge in [-0.2, -0.15) is 0 Å². The third-order valence-electron chi connectivity index (χ3n) is 4.25.